The van der Waals surface area contributed by atoms with Gasteiger partial charge in [-0.1, -0.05) is 12.1 Å². The van der Waals surface area contributed by atoms with Crippen molar-refractivity contribution in [2.45, 2.75) is 6.54 Å². The van der Waals surface area contributed by atoms with Gasteiger partial charge in [0.15, 0.2) is 0 Å². The highest BCUT2D eigenvalue weighted by Crippen LogP contribution is 2.18. The molecule has 2 rings (SSSR count). The van der Waals surface area contributed by atoms with Crippen molar-refractivity contribution in [2.24, 2.45) is 0 Å². The number of pyridine rings is 1. The monoisotopic (exact) mass is 238 g/mol. The molecule has 1 aromatic heterocycles. The second kappa shape index (κ2) is 5.19. The number of anilines is 2. The van der Waals surface area contributed by atoms with Crippen LogP contribution >= 0.6 is 0 Å². The Balaban J connectivity index is 2.20. The minimum atomic E-state index is 0.542. The Morgan fingerprint density at radius 3 is 2.89 bits per heavy atom. The Bertz CT molecular complexity index is 586. The summed E-state index contributed by atoms with van der Waals surface area (Å²) in [5.41, 5.74) is 8.42. The van der Waals surface area contributed by atoms with Crippen molar-refractivity contribution in [1.82, 2.24) is 4.98 Å². The van der Waals surface area contributed by atoms with Crippen molar-refractivity contribution in [3.05, 3.63) is 53.7 Å². The average molecular weight is 238 g/mol. The van der Waals surface area contributed by atoms with Crippen molar-refractivity contribution in [3.8, 4) is 6.07 Å². The van der Waals surface area contributed by atoms with Gasteiger partial charge >= 0.3 is 0 Å². The van der Waals surface area contributed by atoms with Gasteiger partial charge in [-0.05, 0) is 24.3 Å². The summed E-state index contributed by atoms with van der Waals surface area (Å²) in [7, 11) is 1.96. The van der Waals surface area contributed by atoms with E-state index < -0.39 is 0 Å². The number of hydrogen-bond acceptors (Lipinski definition) is 4. The van der Waals surface area contributed by atoms with Gasteiger partial charge in [0.1, 0.15) is 5.82 Å². The van der Waals surface area contributed by atoms with Gasteiger partial charge in [-0.15, -0.1) is 0 Å². The molecule has 0 atom stereocenters. The zero-order valence-corrected chi connectivity index (χ0v) is 10.2. The number of hydrogen-bond donors (Lipinski definition) is 1. The highest BCUT2D eigenvalue weighted by molar-refractivity contribution is 5.52. The van der Waals surface area contributed by atoms with E-state index in [1.54, 1.807) is 12.3 Å². The third kappa shape index (κ3) is 2.58. The van der Waals surface area contributed by atoms with Crippen LogP contribution in [0.4, 0.5) is 11.5 Å². The number of rotatable bonds is 3. The van der Waals surface area contributed by atoms with E-state index in [0.717, 1.165) is 11.3 Å². The summed E-state index contributed by atoms with van der Waals surface area (Å²) in [5, 5.41) is 8.88. The number of benzene rings is 1. The van der Waals surface area contributed by atoms with Gasteiger partial charge in [0.2, 0.25) is 0 Å². The molecule has 0 saturated heterocycles. The number of nitrogen functional groups attached to an aromatic ring is 1. The predicted molar refractivity (Wildman–Crippen MR) is 71.9 cm³/mol. The molecular weight excluding hydrogens is 224 g/mol. The molecule has 0 bridgehead atoms. The first kappa shape index (κ1) is 11.9. The zero-order valence-electron chi connectivity index (χ0n) is 10.2. The van der Waals surface area contributed by atoms with E-state index in [0.29, 0.717) is 17.9 Å². The lowest BCUT2D eigenvalue weighted by Crippen LogP contribution is -2.17. The molecule has 0 unspecified atom stereocenters. The minimum Gasteiger partial charge on any atom is -0.383 e. The predicted octanol–water partition coefficient (Wildman–Crippen LogP) is 2.17. The van der Waals surface area contributed by atoms with Crippen LogP contribution in [0.1, 0.15) is 11.1 Å². The number of nitrogens with two attached hydrogens (primary N) is 1. The van der Waals surface area contributed by atoms with Crippen molar-refractivity contribution in [3.63, 3.8) is 0 Å². The van der Waals surface area contributed by atoms with Crippen LogP contribution in [0.2, 0.25) is 0 Å². The fourth-order valence-corrected chi connectivity index (χ4v) is 1.74. The maximum Gasteiger partial charge on any atom is 0.128 e. The third-order valence-corrected chi connectivity index (χ3v) is 2.75. The fourth-order valence-electron chi connectivity index (χ4n) is 1.74. The second-order valence-electron chi connectivity index (χ2n) is 4.07. The van der Waals surface area contributed by atoms with Crippen LogP contribution in [0.5, 0.6) is 0 Å². The van der Waals surface area contributed by atoms with Gasteiger partial charge in [0.25, 0.3) is 0 Å². The molecule has 90 valence electrons. The zero-order chi connectivity index (χ0) is 13.0. The molecular formula is C14H14N4. The van der Waals surface area contributed by atoms with E-state index in [-0.39, 0.29) is 0 Å². The maximum absolute atomic E-state index is 8.88. The Kier molecular flexibility index (Phi) is 3.44. The molecule has 4 nitrogen and oxygen atoms in total. The smallest absolute Gasteiger partial charge is 0.128 e. The first-order valence-corrected chi connectivity index (χ1v) is 5.61. The number of nitriles is 1. The van der Waals surface area contributed by atoms with E-state index in [1.165, 1.54) is 0 Å². The molecule has 0 aliphatic rings. The normalized spacial score (nSPS) is 9.78. The molecule has 18 heavy (non-hydrogen) atoms. The summed E-state index contributed by atoms with van der Waals surface area (Å²) in [5.74, 6) is 0.542. The van der Waals surface area contributed by atoms with Crippen LogP contribution in [-0.4, -0.2) is 12.0 Å². The van der Waals surface area contributed by atoms with Crippen molar-refractivity contribution < 1.29 is 0 Å². The van der Waals surface area contributed by atoms with Gasteiger partial charge in [-0.2, -0.15) is 5.26 Å². The van der Waals surface area contributed by atoms with Gasteiger partial charge in [0.05, 0.1) is 11.6 Å². The lowest BCUT2D eigenvalue weighted by Gasteiger charge is -2.20. The van der Waals surface area contributed by atoms with Gasteiger partial charge in [-0.3, -0.25) is 0 Å². The number of nitrogens with zero attached hydrogens (tertiary/aromatic N) is 3. The van der Waals surface area contributed by atoms with Gasteiger partial charge in [-0.25, -0.2) is 4.98 Å². The summed E-state index contributed by atoms with van der Waals surface area (Å²) in [6.07, 6.45) is 1.68. The highest BCUT2D eigenvalue weighted by atomic mass is 15.1. The minimum absolute atomic E-state index is 0.542. The standard InChI is InChI=1S/C14H14N4/c1-18(10-12-5-3-7-17-14(12)16)13-6-2-4-11(8-13)9-15/h2-8H,10H2,1H3,(H2,16,17). The summed E-state index contributed by atoms with van der Waals surface area (Å²) < 4.78 is 0. The topological polar surface area (TPSA) is 65.9 Å². The van der Waals surface area contributed by atoms with E-state index in [2.05, 4.69) is 11.1 Å². The molecule has 1 heterocycles. The second-order valence-corrected chi connectivity index (χ2v) is 4.07. The molecule has 1 aromatic carbocycles. The highest BCUT2D eigenvalue weighted by Gasteiger charge is 2.05. The Morgan fingerprint density at radius 2 is 2.17 bits per heavy atom. The van der Waals surface area contributed by atoms with Crippen molar-refractivity contribution >= 4 is 11.5 Å². The van der Waals surface area contributed by atoms with E-state index in [9.17, 15) is 0 Å². The third-order valence-electron chi connectivity index (χ3n) is 2.75. The first-order valence-electron chi connectivity index (χ1n) is 5.61. The van der Waals surface area contributed by atoms with Crippen molar-refractivity contribution in [2.75, 3.05) is 17.7 Å². The molecule has 0 amide bonds. The molecule has 2 N–H and O–H groups in total. The fraction of sp³-hybridized carbons (Fsp3) is 0.143. The maximum atomic E-state index is 8.88. The van der Waals surface area contributed by atoms with Crippen LogP contribution < -0.4 is 10.6 Å². The van der Waals surface area contributed by atoms with E-state index in [4.69, 9.17) is 11.0 Å². The van der Waals surface area contributed by atoms with Gasteiger partial charge in [0, 0.05) is 31.0 Å². The molecule has 2 aromatic rings. The summed E-state index contributed by atoms with van der Waals surface area (Å²) >= 11 is 0. The molecule has 0 radical (unpaired) electrons. The number of aromatic nitrogens is 1. The summed E-state index contributed by atoms with van der Waals surface area (Å²) in [6, 6.07) is 13.4. The molecule has 0 spiro atoms. The van der Waals surface area contributed by atoms with Gasteiger partial charge < -0.3 is 10.6 Å². The lowest BCUT2D eigenvalue weighted by molar-refractivity contribution is 0.919. The van der Waals surface area contributed by atoms with Crippen LogP contribution in [0.3, 0.4) is 0 Å². The first-order chi connectivity index (χ1) is 8.70. The van der Waals surface area contributed by atoms with Crippen molar-refractivity contribution in [1.29, 1.82) is 5.26 Å². The largest absolute Gasteiger partial charge is 0.383 e. The quantitative estimate of drug-likeness (QED) is 0.890. The van der Waals surface area contributed by atoms with Crippen LogP contribution in [0.15, 0.2) is 42.6 Å². The Labute approximate surface area is 106 Å². The van der Waals surface area contributed by atoms with Crippen LogP contribution in [0, 0.1) is 11.3 Å². The molecule has 0 saturated carbocycles. The van der Waals surface area contributed by atoms with E-state index >= 15 is 0 Å². The van der Waals surface area contributed by atoms with Crippen LogP contribution in [-0.2, 0) is 6.54 Å². The Morgan fingerprint density at radius 1 is 1.33 bits per heavy atom. The van der Waals surface area contributed by atoms with Crippen LogP contribution in [0.25, 0.3) is 0 Å². The average Bonchev–Trinajstić information content (AvgIpc) is 2.41. The SMILES string of the molecule is CN(Cc1cccnc1N)c1cccc(C#N)c1. The summed E-state index contributed by atoms with van der Waals surface area (Å²) in [4.78, 5) is 6.09. The lowest BCUT2D eigenvalue weighted by atomic mass is 10.2. The molecule has 0 fully saturated rings. The molecule has 4 heteroatoms. The molecule has 0 aliphatic heterocycles. The van der Waals surface area contributed by atoms with E-state index in [1.807, 2.05) is 42.3 Å². The molecule has 0 aliphatic carbocycles. The Hall–Kier alpha value is -2.54. The summed E-state index contributed by atoms with van der Waals surface area (Å²) in [6.45, 7) is 0.661.